The van der Waals surface area contributed by atoms with E-state index >= 15 is 0 Å². The van der Waals surface area contributed by atoms with Gasteiger partial charge in [-0.1, -0.05) is 12.1 Å². The van der Waals surface area contributed by atoms with Gasteiger partial charge >= 0.3 is 0 Å². The van der Waals surface area contributed by atoms with Crippen molar-refractivity contribution in [2.24, 2.45) is 0 Å². The quantitative estimate of drug-likeness (QED) is 0.869. The molecule has 0 bridgehead atoms. The molecule has 0 unspecified atom stereocenters. The SMILES string of the molecule is OC1(Cc2ccc(OC3CSC3)cc2)CC1. The van der Waals surface area contributed by atoms with E-state index in [9.17, 15) is 5.11 Å². The third-order valence-electron chi connectivity index (χ3n) is 3.19. The lowest BCUT2D eigenvalue weighted by Gasteiger charge is -2.25. The maximum atomic E-state index is 9.81. The van der Waals surface area contributed by atoms with E-state index in [1.165, 1.54) is 5.56 Å². The first-order valence-electron chi connectivity index (χ1n) is 5.79. The maximum absolute atomic E-state index is 9.81. The van der Waals surface area contributed by atoms with Crippen LogP contribution in [-0.4, -0.2) is 28.3 Å². The van der Waals surface area contributed by atoms with Crippen LogP contribution in [0.25, 0.3) is 0 Å². The number of thioether (sulfide) groups is 1. The van der Waals surface area contributed by atoms with Crippen molar-refractivity contribution < 1.29 is 9.84 Å². The molecular formula is C13H16O2S. The molecule has 2 aliphatic rings. The zero-order valence-electron chi connectivity index (χ0n) is 9.19. The molecule has 2 fully saturated rings. The van der Waals surface area contributed by atoms with Crippen LogP contribution in [-0.2, 0) is 6.42 Å². The first-order chi connectivity index (χ1) is 7.73. The summed E-state index contributed by atoms with van der Waals surface area (Å²) < 4.78 is 5.77. The van der Waals surface area contributed by atoms with E-state index in [0.29, 0.717) is 6.10 Å². The predicted octanol–water partition coefficient (Wildman–Crippen LogP) is 2.25. The molecular weight excluding hydrogens is 220 g/mol. The second-order valence-electron chi connectivity index (χ2n) is 4.82. The molecule has 1 heterocycles. The maximum Gasteiger partial charge on any atom is 0.119 e. The van der Waals surface area contributed by atoms with E-state index in [1.54, 1.807) is 0 Å². The van der Waals surface area contributed by atoms with E-state index in [-0.39, 0.29) is 0 Å². The molecule has 3 rings (SSSR count). The monoisotopic (exact) mass is 236 g/mol. The van der Waals surface area contributed by atoms with E-state index < -0.39 is 5.60 Å². The molecule has 86 valence electrons. The third kappa shape index (κ3) is 2.36. The van der Waals surface area contributed by atoms with Gasteiger partial charge in [0.05, 0.1) is 5.60 Å². The molecule has 0 aromatic heterocycles. The molecule has 0 spiro atoms. The standard InChI is InChI=1S/C13H16O2S/c14-13(5-6-13)7-10-1-3-11(4-2-10)15-12-8-16-9-12/h1-4,12,14H,5-9H2. The van der Waals surface area contributed by atoms with Gasteiger partial charge in [0.1, 0.15) is 11.9 Å². The van der Waals surface area contributed by atoms with Gasteiger partial charge in [-0.25, -0.2) is 0 Å². The lowest BCUT2D eigenvalue weighted by Crippen LogP contribution is -2.30. The van der Waals surface area contributed by atoms with E-state index in [2.05, 4.69) is 12.1 Å². The minimum Gasteiger partial charge on any atom is -0.489 e. The Morgan fingerprint density at radius 3 is 2.44 bits per heavy atom. The second kappa shape index (κ2) is 3.97. The highest BCUT2D eigenvalue weighted by Crippen LogP contribution is 2.38. The van der Waals surface area contributed by atoms with Gasteiger partial charge < -0.3 is 9.84 Å². The molecule has 2 nitrogen and oxygen atoms in total. The van der Waals surface area contributed by atoms with Crippen molar-refractivity contribution in [2.45, 2.75) is 31.0 Å². The molecule has 0 atom stereocenters. The highest BCUT2D eigenvalue weighted by Gasteiger charge is 2.39. The van der Waals surface area contributed by atoms with Crippen molar-refractivity contribution in [1.82, 2.24) is 0 Å². The average molecular weight is 236 g/mol. The Balaban J connectivity index is 1.60. The fourth-order valence-electron chi connectivity index (χ4n) is 1.86. The summed E-state index contributed by atoms with van der Waals surface area (Å²) in [6, 6.07) is 8.17. The largest absolute Gasteiger partial charge is 0.489 e. The van der Waals surface area contributed by atoms with Gasteiger partial charge in [0.2, 0.25) is 0 Å². The Morgan fingerprint density at radius 1 is 1.25 bits per heavy atom. The van der Waals surface area contributed by atoms with Crippen LogP contribution in [0, 0.1) is 0 Å². The molecule has 1 saturated carbocycles. The highest BCUT2D eigenvalue weighted by molar-refractivity contribution is 8.00. The van der Waals surface area contributed by atoms with Gasteiger partial charge in [0.15, 0.2) is 0 Å². The van der Waals surface area contributed by atoms with Crippen LogP contribution >= 0.6 is 11.8 Å². The van der Waals surface area contributed by atoms with E-state index in [4.69, 9.17) is 4.74 Å². The van der Waals surface area contributed by atoms with E-state index in [0.717, 1.165) is 36.5 Å². The van der Waals surface area contributed by atoms with Crippen LogP contribution in [0.4, 0.5) is 0 Å². The van der Waals surface area contributed by atoms with Crippen LogP contribution < -0.4 is 4.74 Å². The first-order valence-corrected chi connectivity index (χ1v) is 6.95. The summed E-state index contributed by atoms with van der Waals surface area (Å²) in [5, 5.41) is 9.81. The smallest absolute Gasteiger partial charge is 0.119 e. The Hall–Kier alpha value is -0.670. The van der Waals surface area contributed by atoms with Gasteiger partial charge in [0.25, 0.3) is 0 Å². The number of rotatable bonds is 4. The molecule has 0 amide bonds. The summed E-state index contributed by atoms with van der Waals surface area (Å²) in [6.07, 6.45) is 3.09. The zero-order valence-corrected chi connectivity index (χ0v) is 10.0. The highest BCUT2D eigenvalue weighted by atomic mass is 32.2. The summed E-state index contributed by atoms with van der Waals surface area (Å²) in [7, 11) is 0. The lowest BCUT2D eigenvalue weighted by molar-refractivity contribution is 0.151. The average Bonchev–Trinajstić information content (AvgIpc) is 2.92. The Labute approximate surface area is 100 Å². The summed E-state index contributed by atoms with van der Waals surface area (Å²) in [5.41, 5.74) is 0.808. The van der Waals surface area contributed by atoms with Crippen molar-refractivity contribution in [1.29, 1.82) is 0 Å². The first kappa shape index (κ1) is 10.5. The Morgan fingerprint density at radius 2 is 1.94 bits per heavy atom. The number of aliphatic hydroxyl groups is 1. The molecule has 1 saturated heterocycles. The summed E-state index contributed by atoms with van der Waals surface area (Å²) >= 11 is 1.93. The number of hydrogen-bond acceptors (Lipinski definition) is 3. The molecule has 1 aliphatic carbocycles. The fourth-order valence-corrected chi connectivity index (χ4v) is 2.43. The molecule has 1 aliphatic heterocycles. The fraction of sp³-hybridized carbons (Fsp3) is 0.538. The normalized spacial score (nSPS) is 22.6. The van der Waals surface area contributed by atoms with Gasteiger partial charge in [0, 0.05) is 17.9 Å². The second-order valence-corrected chi connectivity index (χ2v) is 5.90. The molecule has 3 heteroatoms. The van der Waals surface area contributed by atoms with Crippen molar-refractivity contribution in [3.05, 3.63) is 29.8 Å². The van der Waals surface area contributed by atoms with Crippen LogP contribution in [0.3, 0.4) is 0 Å². The van der Waals surface area contributed by atoms with Crippen molar-refractivity contribution in [3.63, 3.8) is 0 Å². The predicted molar refractivity (Wildman–Crippen MR) is 66.1 cm³/mol. The minimum absolute atomic E-state index is 0.396. The Kier molecular flexibility index (Phi) is 2.60. The van der Waals surface area contributed by atoms with Crippen LogP contribution in [0.1, 0.15) is 18.4 Å². The van der Waals surface area contributed by atoms with E-state index in [1.807, 2.05) is 23.9 Å². The summed E-state index contributed by atoms with van der Waals surface area (Å²) in [6.45, 7) is 0. The topological polar surface area (TPSA) is 29.5 Å². The Bertz CT molecular complexity index is 366. The number of ether oxygens (including phenoxy) is 1. The van der Waals surface area contributed by atoms with Gasteiger partial charge in [-0.3, -0.25) is 0 Å². The molecule has 0 radical (unpaired) electrons. The third-order valence-corrected chi connectivity index (χ3v) is 4.41. The molecule has 1 N–H and O–H groups in total. The van der Waals surface area contributed by atoms with Crippen molar-refractivity contribution >= 4 is 11.8 Å². The molecule has 1 aromatic rings. The van der Waals surface area contributed by atoms with Crippen LogP contribution in [0.2, 0.25) is 0 Å². The summed E-state index contributed by atoms with van der Waals surface area (Å²) in [5.74, 6) is 3.18. The number of benzene rings is 1. The van der Waals surface area contributed by atoms with Crippen molar-refractivity contribution in [2.75, 3.05) is 11.5 Å². The molecule has 16 heavy (non-hydrogen) atoms. The van der Waals surface area contributed by atoms with Gasteiger partial charge in [-0.2, -0.15) is 11.8 Å². The van der Waals surface area contributed by atoms with Crippen molar-refractivity contribution in [3.8, 4) is 5.75 Å². The minimum atomic E-state index is -0.396. The lowest BCUT2D eigenvalue weighted by atomic mass is 10.1. The van der Waals surface area contributed by atoms with Gasteiger partial charge in [-0.05, 0) is 30.5 Å². The van der Waals surface area contributed by atoms with Crippen LogP contribution in [0.15, 0.2) is 24.3 Å². The number of hydrogen-bond donors (Lipinski definition) is 1. The van der Waals surface area contributed by atoms with Gasteiger partial charge in [-0.15, -0.1) is 0 Å². The zero-order chi connectivity index (χ0) is 11.0. The van der Waals surface area contributed by atoms with Crippen LogP contribution in [0.5, 0.6) is 5.75 Å². The summed E-state index contributed by atoms with van der Waals surface area (Å²) in [4.78, 5) is 0. The molecule has 1 aromatic carbocycles.